The summed E-state index contributed by atoms with van der Waals surface area (Å²) < 4.78 is 8.55. The molecule has 7 nitrogen and oxygen atoms in total. The van der Waals surface area contributed by atoms with Crippen molar-refractivity contribution in [2.75, 3.05) is 13.2 Å². The van der Waals surface area contributed by atoms with Crippen molar-refractivity contribution in [1.82, 2.24) is 0 Å². The van der Waals surface area contributed by atoms with Gasteiger partial charge in [-0.2, -0.15) is 7.82 Å². The maximum absolute atomic E-state index is 8.55. The Bertz CT molecular complexity index is 117. The molecule has 0 aliphatic heterocycles. The molecule has 0 bridgehead atoms. The average Bonchev–Trinajstić information content (AvgIpc) is 1.83. The molecule has 14 heavy (non-hydrogen) atoms. The van der Waals surface area contributed by atoms with Gasteiger partial charge < -0.3 is 34.6 Å². The van der Waals surface area contributed by atoms with Crippen LogP contribution in [0.4, 0.5) is 0 Å². The number of aliphatic hydroxyl groups is 3. The first-order valence-corrected chi connectivity index (χ1v) is 3.90. The van der Waals surface area contributed by atoms with Gasteiger partial charge in [-0.3, -0.25) is 0 Å². The van der Waals surface area contributed by atoms with Crippen LogP contribution in [-0.2, 0) is 4.57 Å². The van der Waals surface area contributed by atoms with Gasteiger partial charge in [-0.25, -0.2) is 0 Å². The van der Waals surface area contributed by atoms with Crippen LogP contribution in [0.15, 0.2) is 0 Å². The molecule has 0 spiro atoms. The number of hydrogen-bond acceptors (Lipinski definition) is 7. The second kappa shape index (κ2) is 17.2. The summed E-state index contributed by atoms with van der Waals surface area (Å²) in [6.07, 6.45) is -0.954. The molecule has 0 radical (unpaired) electrons. The van der Waals surface area contributed by atoms with E-state index in [1.165, 1.54) is 0 Å². The molecule has 0 aliphatic carbocycles. The first-order chi connectivity index (χ1) is 4.81. The smallest absolute Gasteiger partial charge is 0.822 e. The SMILES string of the molecule is O=P([O-])([O-])[O-].OCC(O)CO.[Li+].[Li+].[Li+]. The number of aliphatic hydroxyl groups excluding tert-OH is 3. The van der Waals surface area contributed by atoms with Gasteiger partial charge in [0, 0.05) is 0 Å². The minimum atomic E-state index is -5.39. The molecule has 0 saturated heterocycles. The maximum Gasteiger partial charge on any atom is 1.00 e. The van der Waals surface area contributed by atoms with Gasteiger partial charge in [0.1, 0.15) is 6.10 Å². The van der Waals surface area contributed by atoms with Crippen LogP contribution in [0.3, 0.4) is 0 Å². The Morgan fingerprint density at radius 3 is 1.14 bits per heavy atom. The molecule has 0 atom stereocenters. The van der Waals surface area contributed by atoms with Crippen molar-refractivity contribution in [2.24, 2.45) is 0 Å². The normalized spacial score (nSPS) is 8.50. The van der Waals surface area contributed by atoms with E-state index in [1.807, 2.05) is 0 Å². The van der Waals surface area contributed by atoms with E-state index in [0.29, 0.717) is 0 Å². The van der Waals surface area contributed by atoms with E-state index in [0.717, 1.165) is 0 Å². The fourth-order valence-corrected chi connectivity index (χ4v) is 0.0577. The summed E-state index contributed by atoms with van der Waals surface area (Å²) in [6, 6.07) is 0. The van der Waals surface area contributed by atoms with Crippen molar-refractivity contribution < 1.29 is 91.1 Å². The van der Waals surface area contributed by atoms with Gasteiger partial charge in [0.25, 0.3) is 0 Å². The predicted octanol–water partition coefficient (Wildman–Crippen LogP) is -13.5. The average molecular weight is 208 g/mol. The first kappa shape index (κ1) is 29.7. The van der Waals surface area contributed by atoms with Gasteiger partial charge in [-0.1, -0.05) is 0 Å². The molecule has 0 amide bonds. The molecule has 70 valence electrons. The zero-order chi connectivity index (χ0) is 9.49. The van der Waals surface area contributed by atoms with Crippen LogP contribution in [0, 0.1) is 0 Å². The standard InChI is InChI=1S/C3H8O3.3Li.H3O4P/c4-1-3(6)2-5;;;;1-5(2,3)4/h3-6H,1-2H2;;;;(H3,1,2,3,4)/q;3*+1;/p-3. The summed E-state index contributed by atoms with van der Waals surface area (Å²) in [5, 5.41) is 24.0. The monoisotopic (exact) mass is 208 g/mol. The predicted molar refractivity (Wildman–Crippen MR) is 27.8 cm³/mol. The summed E-state index contributed by atoms with van der Waals surface area (Å²) in [4.78, 5) is 25.6. The number of hydrogen-bond donors (Lipinski definition) is 3. The van der Waals surface area contributed by atoms with E-state index in [-0.39, 0.29) is 69.8 Å². The third kappa shape index (κ3) is 67.4. The quantitative estimate of drug-likeness (QED) is 0.301. The van der Waals surface area contributed by atoms with Crippen LogP contribution in [-0.4, -0.2) is 34.6 Å². The molecule has 0 rings (SSSR count). The maximum atomic E-state index is 8.55. The van der Waals surface area contributed by atoms with Gasteiger partial charge in [-0.05, 0) is 0 Å². The van der Waals surface area contributed by atoms with E-state index in [9.17, 15) is 0 Å². The van der Waals surface area contributed by atoms with Crippen LogP contribution in [0.25, 0.3) is 0 Å². The Morgan fingerprint density at radius 1 is 1.00 bits per heavy atom. The van der Waals surface area contributed by atoms with Crippen molar-refractivity contribution in [3.63, 3.8) is 0 Å². The Morgan fingerprint density at radius 2 is 1.14 bits per heavy atom. The van der Waals surface area contributed by atoms with Crippen molar-refractivity contribution in [1.29, 1.82) is 0 Å². The van der Waals surface area contributed by atoms with Crippen molar-refractivity contribution in [3.05, 3.63) is 0 Å². The van der Waals surface area contributed by atoms with Crippen molar-refractivity contribution in [3.8, 4) is 0 Å². The van der Waals surface area contributed by atoms with Crippen LogP contribution < -0.4 is 71.3 Å². The molecule has 0 saturated carbocycles. The minimum absolute atomic E-state index is 0. The fourth-order valence-electron chi connectivity index (χ4n) is 0.0577. The third-order valence-corrected chi connectivity index (χ3v) is 0.421. The molecular formula is C3H8Li3O7P. The van der Waals surface area contributed by atoms with Gasteiger partial charge in [0.2, 0.25) is 0 Å². The zero-order valence-corrected chi connectivity index (χ0v) is 9.31. The summed E-state index contributed by atoms with van der Waals surface area (Å²) in [5.41, 5.74) is 0. The topological polar surface area (TPSA) is 147 Å². The molecule has 3 N–H and O–H groups in total. The van der Waals surface area contributed by atoms with Crippen LogP contribution >= 0.6 is 7.82 Å². The van der Waals surface area contributed by atoms with Crippen LogP contribution in [0.1, 0.15) is 0 Å². The van der Waals surface area contributed by atoms with Gasteiger partial charge in [0.05, 0.1) is 13.2 Å². The van der Waals surface area contributed by atoms with Crippen molar-refractivity contribution >= 4 is 7.82 Å². The molecule has 0 aliphatic rings. The molecule has 0 unspecified atom stereocenters. The van der Waals surface area contributed by atoms with E-state index in [4.69, 9.17) is 34.6 Å². The van der Waals surface area contributed by atoms with E-state index in [2.05, 4.69) is 0 Å². The Labute approximate surface area is 118 Å². The molecule has 11 heteroatoms. The zero-order valence-electron chi connectivity index (χ0n) is 8.41. The van der Waals surface area contributed by atoms with Gasteiger partial charge in [-0.15, -0.1) is 0 Å². The van der Waals surface area contributed by atoms with Gasteiger partial charge in [0.15, 0.2) is 0 Å². The molecular weight excluding hydrogens is 200 g/mol. The van der Waals surface area contributed by atoms with E-state index >= 15 is 0 Å². The Balaban J connectivity index is -0.0000000321. The number of rotatable bonds is 2. The summed E-state index contributed by atoms with van der Waals surface area (Å²) >= 11 is 0. The Kier molecular flexibility index (Phi) is 36.4. The summed E-state index contributed by atoms with van der Waals surface area (Å²) in [5.74, 6) is 0. The molecule has 0 heterocycles. The second-order valence-corrected chi connectivity index (χ2v) is 2.36. The van der Waals surface area contributed by atoms with Crippen LogP contribution in [0.2, 0.25) is 0 Å². The molecule has 0 aromatic heterocycles. The summed E-state index contributed by atoms with van der Waals surface area (Å²) in [7, 11) is -5.39. The molecule has 0 aromatic rings. The van der Waals surface area contributed by atoms with E-state index < -0.39 is 13.9 Å². The molecule has 0 aromatic carbocycles. The second-order valence-electron chi connectivity index (χ2n) is 1.47. The van der Waals surface area contributed by atoms with Crippen LogP contribution in [0.5, 0.6) is 0 Å². The number of phosphoric acid groups is 1. The Hall–Kier alpha value is 1.78. The van der Waals surface area contributed by atoms with Gasteiger partial charge >= 0.3 is 56.6 Å². The van der Waals surface area contributed by atoms with Crippen molar-refractivity contribution in [2.45, 2.75) is 6.10 Å². The summed E-state index contributed by atoms with van der Waals surface area (Å²) in [6.45, 7) is -0.729. The minimum Gasteiger partial charge on any atom is -0.822 e. The fraction of sp³-hybridized carbons (Fsp3) is 1.00. The largest absolute Gasteiger partial charge is 1.00 e. The molecule has 0 fully saturated rings. The third-order valence-electron chi connectivity index (χ3n) is 0.421. The van der Waals surface area contributed by atoms with E-state index in [1.54, 1.807) is 0 Å². The first-order valence-electron chi connectivity index (χ1n) is 2.44.